The first-order chi connectivity index (χ1) is 10.9. The van der Waals surface area contributed by atoms with Gasteiger partial charge in [-0.05, 0) is 36.6 Å². The summed E-state index contributed by atoms with van der Waals surface area (Å²) in [7, 11) is -1.65. The Morgan fingerprint density at radius 1 is 1.35 bits per heavy atom. The largest absolute Gasteiger partial charge is 0.497 e. The van der Waals surface area contributed by atoms with Crippen molar-refractivity contribution in [2.24, 2.45) is 0 Å². The number of benzene rings is 1. The van der Waals surface area contributed by atoms with Gasteiger partial charge < -0.3 is 9.64 Å². The number of likely N-dealkylation sites (tertiary alicyclic amines) is 1. The molecule has 7 heteroatoms. The van der Waals surface area contributed by atoms with Crippen molar-refractivity contribution in [3.8, 4) is 5.75 Å². The molecule has 0 radical (unpaired) electrons. The highest BCUT2D eigenvalue weighted by molar-refractivity contribution is 7.88. The number of ether oxygens (including phenoxy) is 1. The van der Waals surface area contributed by atoms with E-state index >= 15 is 0 Å². The second kappa shape index (κ2) is 7.61. The van der Waals surface area contributed by atoms with Gasteiger partial charge in [-0.3, -0.25) is 4.79 Å². The second-order valence-electron chi connectivity index (χ2n) is 5.62. The number of sulfonamides is 1. The highest BCUT2D eigenvalue weighted by atomic mass is 32.2. The molecule has 1 aliphatic heterocycles. The third-order valence-corrected chi connectivity index (χ3v) is 4.41. The van der Waals surface area contributed by atoms with E-state index < -0.39 is 10.0 Å². The quantitative estimate of drug-likeness (QED) is 0.820. The van der Waals surface area contributed by atoms with Crippen LogP contribution in [0.3, 0.4) is 0 Å². The Kier molecular flexibility index (Phi) is 5.79. The SMILES string of the molecule is COc1ccc(/C=C\C(=O)N2CCC[C@@H](NS(C)(=O)=O)C2)cc1. The van der Waals surface area contributed by atoms with Gasteiger partial charge in [0.15, 0.2) is 0 Å². The molecule has 1 saturated heterocycles. The fourth-order valence-corrected chi connectivity index (χ4v) is 3.36. The molecule has 6 nitrogen and oxygen atoms in total. The van der Waals surface area contributed by atoms with E-state index in [2.05, 4.69) is 4.72 Å². The Hall–Kier alpha value is -1.86. The molecule has 0 spiro atoms. The molecule has 0 aromatic heterocycles. The molecule has 2 rings (SSSR count). The van der Waals surface area contributed by atoms with Crippen LogP contribution in [0.1, 0.15) is 18.4 Å². The van der Waals surface area contributed by atoms with E-state index in [1.54, 1.807) is 18.1 Å². The molecule has 1 fully saturated rings. The molecular formula is C16H22N2O4S. The van der Waals surface area contributed by atoms with E-state index in [0.717, 1.165) is 30.4 Å². The van der Waals surface area contributed by atoms with Gasteiger partial charge >= 0.3 is 0 Å². The lowest BCUT2D eigenvalue weighted by Gasteiger charge is -2.32. The molecule has 0 bridgehead atoms. The summed E-state index contributed by atoms with van der Waals surface area (Å²) in [6.45, 7) is 1.05. The first kappa shape index (κ1) is 17.5. The third-order valence-electron chi connectivity index (χ3n) is 3.65. The fraction of sp³-hybridized carbons (Fsp3) is 0.438. The lowest BCUT2D eigenvalue weighted by atomic mass is 10.1. The summed E-state index contributed by atoms with van der Waals surface area (Å²) in [6.07, 6.45) is 5.94. The Balaban J connectivity index is 1.95. The minimum atomic E-state index is -3.25. The van der Waals surface area contributed by atoms with Crippen molar-refractivity contribution >= 4 is 22.0 Å². The summed E-state index contributed by atoms with van der Waals surface area (Å²) in [5, 5.41) is 0. The van der Waals surface area contributed by atoms with E-state index in [-0.39, 0.29) is 11.9 Å². The number of amides is 1. The number of methoxy groups -OCH3 is 1. The van der Waals surface area contributed by atoms with Gasteiger partial charge in [-0.15, -0.1) is 0 Å². The zero-order chi connectivity index (χ0) is 16.9. The number of carbonyl (C=O) groups excluding carboxylic acids is 1. The van der Waals surface area contributed by atoms with Crippen molar-refractivity contribution in [1.29, 1.82) is 0 Å². The smallest absolute Gasteiger partial charge is 0.246 e. The van der Waals surface area contributed by atoms with Gasteiger partial charge in [-0.2, -0.15) is 0 Å². The summed E-state index contributed by atoms with van der Waals surface area (Å²) >= 11 is 0. The van der Waals surface area contributed by atoms with Crippen molar-refractivity contribution in [3.63, 3.8) is 0 Å². The van der Waals surface area contributed by atoms with Crippen LogP contribution in [-0.2, 0) is 14.8 Å². The first-order valence-corrected chi connectivity index (χ1v) is 9.35. The highest BCUT2D eigenvalue weighted by Gasteiger charge is 2.24. The van der Waals surface area contributed by atoms with Crippen LogP contribution in [0.25, 0.3) is 6.08 Å². The number of nitrogens with zero attached hydrogens (tertiary/aromatic N) is 1. The van der Waals surface area contributed by atoms with Crippen LogP contribution in [0, 0.1) is 0 Å². The average molecular weight is 338 g/mol. The molecule has 1 heterocycles. The van der Waals surface area contributed by atoms with Gasteiger partial charge in [0.2, 0.25) is 15.9 Å². The predicted molar refractivity (Wildman–Crippen MR) is 89.6 cm³/mol. The number of hydrogen-bond donors (Lipinski definition) is 1. The van der Waals surface area contributed by atoms with E-state index in [0.29, 0.717) is 13.1 Å². The Bertz CT molecular complexity index is 668. The topological polar surface area (TPSA) is 75.7 Å². The van der Waals surface area contributed by atoms with Crippen molar-refractivity contribution < 1.29 is 17.9 Å². The van der Waals surface area contributed by atoms with Gasteiger partial charge in [0.05, 0.1) is 13.4 Å². The molecular weight excluding hydrogens is 316 g/mol. The van der Waals surface area contributed by atoms with Crippen molar-refractivity contribution in [3.05, 3.63) is 35.9 Å². The summed E-state index contributed by atoms with van der Waals surface area (Å²) in [5.74, 6) is 0.653. The summed E-state index contributed by atoms with van der Waals surface area (Å²) < 4.78 is 30.3. The maximum atomic E-state index is 12.2. The summed E-state index contributed by atoms with van der Waals surface area (Å²) in [4.78, 5) is 13.9. The molecule has 1 aliphatic rings. The maximum Gasteiger partial charge on any atom is 0.246 e. The maximum absolute atomic E-state index is 12.2. The normalized spacial score (nSPS) is 19.0. The number of rotatable bonds is 5. The standard InChI is InChI=1S/C16H22N2O4S/c1-22-15-8-5-13(6-9-15)7-10-16(19)18-11-3-4-14(12-18)17-23(2,20)21/h5-10,14,17H,3-4,11-12H2,1-2H3/b10-7-/t14-/m1/s1. The number of hydrogen-bond acceptors (Lipinski definition) is 4. The zero-order valence-corrected chi connectivity index (χ0v) is 14.2. The molecule has 1 aromatic carbocycles. The first-order valence-electron chi connectivity index (χ1n) is 7.46. The van der Waals surface area contributed by atoms with E-state index in [9.17, 15) is 13.2 Å². The van der Waals surface area contributed by atoms with Crippen LogP contribution in [0.5, 0.6) is 5.75 Å². The van der Waals surface area contributed by atoms with Gasteiger partial charge in [-0.1, -0.05) is 12.1 Å². The predicted octanol–water partition coefficient (Wildman–Crippen LogP) is 1.25. The zero-order valence-electron chi connectivity index (χ0n) is 13.4. The van der Waals surface area contributed by atoms with Crippen molar-refractivity contribution in [1.82, 2.24) is 9.62 Å². The summed E-state index contributed by atoms with van der Waals surface area (Å²) in [6, 6.07) is 7.19. The van der Waals surface area contributed by atoms with Crippen LogP contribution in [0.4, 0.5) is 0 Å². The molecule has 0 saturated carbocycles. The molecule has 1 N–H and O–H groups in total. The summed E-state index contributed by atoms with van der Waals surface area (Å²) in [5.41, 5.74) is 0.905. The van der Waals surface area contributed by atoms with Crippen LogP contribution in [0.2, 0.25) is 0 Å². The second-order valence-corrected chi connectivity index (χ2v) is 7.40. The molecule has 126 valence electrons. The minimum absolute atomic E-state index is 0.110. The molecule has 1 atom stereocenters. The fourth-order valence-electron chi connectivity index (χ4n) is 2.56. The van der Waals surface area contributed by atoms with Gasteiger partial charge in [-0.25, -0.2) is 13.1 Å². The number of carbonyl (C=O) groups is 1. The lowest BCUT2D eigenvalue weighted by molar-refractivity contribution is -0.127. The Morgan fingerprint density at radius 2 is 2.04 bits per heavy atom. The minimum Gasteiger partial charge on any atom is -0.497 e. The Labute approximate surface area is 137 Å². The monoisotopic (exact) mass is 338 g/mol. The lowest BCUT2D eigenvalue weighted by Crippen LogP contribution is -2.48. The van der Waals surface area contributed by atoms with Crippen LogP contribution in [0.15, 0.2) is 30.3 Å². The Morgan fingerprint density at radius 3 is 2.65 bits per heavy atom. The van der Waals surface area contributed by atoms with Crippen LogP contribution in [-0.4, -0.2) is 51.7 Å². The van der Waals surface area contributed by atoms with Gasteiger partial charge in [0, 0.05) is 25.2 Å². The van der Waals surface area contributed by atoms with E-state index in [4.69, 9.17) is 4.74 Å². The van der Waals surface area contributed by atoms with Crippen LogP contribution < -0.4 is 9.46 Å². The van der Waals surface area contributed by atoms with Gasteiger partial charge in [0.1, 0.15) is 5.75 Å². The van der Waals surface area contributed by atoms with Gasteiger partial charge in [0.25, 0.3) is 0 Å². The van der Waals surface area contributed by atoms with Crippen molar-refractivity contribution in [2.45, 2.75) is 18.9 Å². The molecule has 1 amide bonds. The molecule has 0 unspecified atom stereocenters. The number of piperidine rings is 1. The molecule has 0 aliphatic carbocycles. The van der Waals surface area contributed by atoms with Crippen molar-refractivity contribution in [2.75, 3.05) is 26.5 Å². The van der Waals surface area contributed by atoms with Crippen LogP contribution >= 0.6 is 0 Å². The third kappa shape index (κ3) is 5.69. The molecule has 1 aromatic rings. The van der Waals surface area contributed by atoms with E-state index in [1.807, 2.05) is 24.3 Å². The highest BCUT2D eigenvalue weighted by Crippen LogP contribution is 2.14. The number of nitrogens with one attached hydrogen (secondary N) is 1. The average Bonchev–Trinajstić information content (AvgIpc) is 2.51. The molecule has 23 heavy (non-hydrogen) atoms. The van der Waals surface area contributed by atoms with E-state index in [1.165, 1.54) is 6.08 Å².